The molecule has 0 fully saturated rings. The molecule has 4 heteroatoms. The Morgan fingerprint density at radius 2 is 2.15 bits per heavy atom. The van der Waals surface area contributed by atoms with Gasteiger partial charge < -0.3 is 9.84 Å². The van der Waals surface area contributed by atoms with E-state index in [1.54, 1.807) is 6.92 Å². The van der Waals surface area contributed by atoms with Crippen molar-refractivity contribution in [3.8, 4) is 5.75 Å². The molecular formula is C9H9ClO3. The van der Waals surface area contributed by atoms with Gasteiger partial charge in [-0.05, 0) is 24.6 Å². The highest BCUT2D eigenvalue weighted by molar-refractivity contribution is 6.31. The molecule has 1 N–H and O–H groups in total. The largest absolute Gasteiger partial charge is 0.507 e. The molecule has 0 atom stereocenters. The Hall–Kier alpha value is -1.22. The monoisotopic (exact) mass is 200 g/mol. The number of phenols is 1. The van der Waals surface area contributed by atoms with E-state index in [0.29, 0.717) is 10.6 Å². The van der Waals surface area contributed by atoms with Crippen LogP contribution in [0.15, 0.2) is 12.1 Å². The Morgan fingerprint density at radius 3 is 2.69 bits per heavy atom. The van der Waals surface area contributed by atoms with E-state index in [9.17, 15) is 9.90 Å². The fourth-order valence-corrected chi connectivity index (χ4v) is 1.19. The van der Waals surface area contributed by atoms with Crippen molar-refractivity contribution >= 4 is 17.6 Å². The van der Waals surface area contributed by atoms with Crippen molar-refractivity contribution < 1.29 is 14.6 Å². The molecule has 13 heavy (non-hydrogen) atoms. The Kier molecular flexibility index (Phi) is 2.78. The van der Waals surface area contributed by atoms with Gasteiger partial charge in [-0.15, -0.1) is 0 Å². The first-order chi connectivity index (χ1) is 6.07. The molecule has 0 radical (unpaired) electrons. The van der Waals surface area contributed by atoms with Crippen LogP contribution in [0, 0.1) is 6.92 Å². The number of hydrogen-bond acceptors (Lipinski definition) is 3. The highest BCUT2D eigenvalue weighted by Crippen LogP contribution is 2.27. The van der Waals surface area contributed by atoms with Crippen molar-refractivity contribution in [2.75, 3.05) is 7.11 Å². The highest BCUT2D eigenvalue weighted by atomic mass is 35.5. The van der Waals surface area contributed by atoms with Crippen molar-refractivity contribution in [3.63, 3.8) is 0 Å². The maximum atomic E-state index is 11.2. The van der Waals surface area contributed by atoms with Crippen LogP contribution in [-0.2, 0) is 4.74 Å². The SMILES string of the molecule is COC(=O)c1c(O)ccc(Cl)c1C. The number of hydrogen-bond donors (Lipinski definition) is 1. The molecule has 0 heterocycles. The first-order valence-electron chi connectivity index (χ1n) is 3.64. The van der Waals surface area contributed by atoms with E-state index in [0.717, 1.165) is 0 Å². The number of benzene rings is 1. The van der Waals surface area contributed by atoms with Crippen LogP contribution in [0.2, 0.25) is 5.02 Å². The summed E-state index contributed by atoms with van der Waals surface area (Å²) in [5, 5.41) is 9.79. The zero-order chi connectivity index (χ0) is 10.0. The number of ether oxygens (including phenoxy) is 1. The lowest BCUT2D eigenvalue weighted by molar-refractivity contribution is 0.0596. The van der Waals surface area contributed by atoms with Crippen LogP contribution in [0.3, 0.4) is 0 Å². The van der Waals surface area contributed by atoms with Gasteiger partial charge in [0.1, 0.15) is 11.3 Å². The number of methoxy groups -OCH3 is 1. The van der Waals surface area contributed by atoms with Gasteiger partial charge in [0.2, 0.25) is 0 Å². The van der Waals surface area contributed by atoms with E-state index in [4.69, 9.17) is 11.6 Å². The number of carbonyl (C=O) groups is 1. The molecule has 0 spiro atoms. The van der Waals surface area contributed by atoms with Crippen molar-refractivity contribution in [2.45, 2.75) is 6.92 Å². The summed E-state index contributed by atoms with van der Waals surface area (Å²) >= 11 is 5.77. The van der Waals surface area contributed by atoms with E-state index in [-0.39, 0.29) is 11.3 Å². The smallest absolute Gasteiger partial charge is 0.341 e. The molecule has 0 aliphatic carbocycles. The number of rotatable bonds is 1. The number of esters is 1. The minimum Gasteiger partial charge on any atom is -0.507 e. The summed E-state index contributed by atoms with van der Waals surface area (Å²) in [6.07, 6.45) is 0. The number of carbonyl (C=O) groups excluding carboxylic acids is 1. The Morgan fingerprint density at radius 1 is 1.54 bits per heavy atom. The Bertz CT molecular complexity index is 347. The van der Waals surface area contributed by atoms with Gasteiger partial charge in [0, 0.05) is 5.02 Å². The molecule has 70 valence electrons. The van der Waals surface area contributed by atoms with Gasteiger partial charge in [-0.3, -0.25) is 0 Å². The second-order valence-electron chi connectivity index (χ2n) is 2.56. The first kappa shape index (κ1) is 9.86. The third-order valence-electron chi connectivity index (χ3n) is 1.77. The van der Waals surface area contributed by atoms with E-state index < -0.39 is 5.97 Å². The molecular weight excluding hydrogens is 192 g/mol. The van der Waals surface area contributed by atoms with Gasteiger partial charge in [-0.1, -0.05) is 11.6 Å². The lowest BCUT2D eigenvalue weighted by Crippen LogP contribution is -2.04. The lowest BCUT2D eigenvalue weighted by atomic mass is 10.1. The molecule has 1 aromatic rings. The zero-order valence-corrected chi connectivity index (χ0v) is 8.05. The van der Waals surface area contributed by atoms with E-state index in [2.05, 4.69) is 4.74 Å². The van der Waals surface area contributed by atoms with Crippen molar-refractivity contribution in [1.29, 1.82) is 0 Å². The minimum atomic E-state index is -0.586. The van der Waals surface area contributed by atoms with E-state index in [1.807, 2.05) is 0 Å². The molecule has 0 aliphatic rings. The van der Waals surface area contributed by atoms with Gasteiger partial charge in [0.25, 0.3) is 0 Å². The third kappa shape index (κ3) is 1.75. The summed E-state index contributed by atoms with van der Waals surface area (Å²) in [5.74, 6) is -0.703. The molecule has 0 amide bonds. The average Bonchev–Trinajstić information content (AvgIpc) is 2.12. The molecule has 3 nitrogen and oxygen atoms in total. The van der Waals surface area contributed by atoms with Gasteiger partial charge in [0.05, 0.1) is 7.11 Å². The molecule has 0 saturated heterocycles. The Balaban J connectivity index is 3.33. The Labute approximate surface area is 80.9 Å². The summed E-state index contributed by atoms with van der Waals surface area (Å²) in [6, 6.07) is 2.89. The third-order valence-corrected chi connectivity index (χ3v) is 2.18. The summed E-state index contributed by atoms with van der Waals surface area (Å²) < 4.78 is 4.50. The van der Waals surface area contributed by atoms with Crippen LogP contribution < -0.4 is 0 Å². The van der Waals surface area contributed by atoms with Crippen molar-refractivity contribution in [2.24, 2.45) is 0 Å². The van der Waals surface area contributed by atoms with Crippen LogP contribution in [0.4, 0.5) is 0 Å². The van der Waals surface area contributed by atoms with Crippen molar-refractivity contribution in [3.05, 3.63) is 28.3 Å². The molecule has 0 saturated carbocycles. The van der Waals surface area contributed by atoms with Crippen LogP contribution in [0.1, 0.15) is 15.9 Å². The standard InChI is InChI=1S/C9H9ClO3/c1-5-6(10)3-4-7(11)8(5)9(12)13-2/h3-4,11H,1-2H3. The molecule has 0 aromatic heterocycles. The summed E-state index contributed by atoms with van der Waals surface area (Å²) in [5.41, 5.74) is 0.642. The number of halogens is 1. The fraction of sp³-hybridized carbons (Fsp3) is 0.222. The van der Waals surface area contributed by atoms with Crippen LogP contribution in [0.5, 0.6) is 5.75 Å². The fourth-order valence-electron chi connectivity index (χ4n) is 1.03. The first-order valence-corrected chi connectivity index (χ1v) is 4.02. The van der Waals surface area contributed by atoms with E-state index in [1.165, 1.54) is 19.2 Å². The lowest BCUT2D eigenvalue weighted by Gasteiger charge is -2.07. The maximum Gasteiger partial charge on any atom is 0.341 e. The second kappa shape index (κ2) is 3.66. The summed E-state index contributed by atoms with van der Waals surface area (Å²) in [7, 11) is 1.25. The van der Waals surface area contributed by atoms with E-state index >= 15 is 0 Å². The molecule has 0 unspecified atom stereocenters. The quantitative estimate of drug-likeness (QED) is 0.707. The predicted molar refractivity (Wildman–Crippen MR) is 49.2 cm³/mol. The zero-order valence-electron chi connectivity index (χ0n) is 7.30. The van der Waals surface area contributed by atoms with Crippen LogP contribution in [-0.4, -0.2) is 18.2 Å². The molecule has 1 aromatic carbocycles. The van der Waals surface area contributed by atoms with Gasteiger partial charge in [0.15, 0.2) is 0 Å². The molecule has 0 aliphatic heterocycles. The average molecular weight is 201 g/mol. The van der Waals surface area contributed by atoms with Gasteiger partial charge in [-0.25, -0.2) is 4.79 Å². The van der Waals surface area contributed by atoms with Crippen molar-refractivity contribution in [1.82, 2.24) is 0 Å². The minimum absolute atomic E-state index is 0.117. The number of phenolic OH excluding ortho intramolecular Hbond substituents is 1. The topological polar surface area (TPSA) is 46.5 Å². The predicted octanol–water partition coefficient (Wildman–Crippen LogP) is 2.14. The summed E-state index contributed by atoms with van der Waals surface area (Å²) in [4.78, 5) is 11.2. The highest BCUT2D eigenvalue weighted by Gasteiger charge is 2.16. The van der Waals surface area contributed by atoms with Gasteiger partial charge in [-0.2, -0.15) is 0 Å². The molecule has 0 bridgehead atoms. The normalized spacial score (nSPS) is 9.77. The maximum absolute atomic E-state index is 11.2. The van der Waals surface area contributed by atoms with Crippen LogP contribution in [0.25, 0.3) is 0 Å². The number of aromatic hydroxyl groups is 1. The molecule has 1 rings (SSSR count). The second-order valence-corrected chi connectivity index (χ2v) is 2.97. The van der Waals surface area contributed by atoms with Gasteiger partial charge >= 0.3 is 5.97 Å². The summed E-state index contributed by atoms with van der Waals surface area (Å²) in [6.45, 7) is 1.65. The van der Waals surface area contributed by atoms with Crippen LogP contribution >= 0.6 is 11.6 Å².